The Morgan fingerprint density at radius 2 is 2.04 bits per heavy atom. The monoisotopic (exact) mass is 330 g/mol. The van der Waals surface area contributed by atoms with Gasteiger partial charge < -0.3 is 15.8 Å². The van der Waals surface area contributed by atoms with Crippen LogP contribution >= 0.6 is 0 Å². The highest BCUT2D eigenvalue weighted by molar-refractivity contribution is 6.45. The standard InChI is InChI=1S/C15H18N6O3/c1-9(22)19-12(15(23)24-2)7-10-3-5-11(6-4-10)20-21-13(8-16)14(17)18/h3-6,12,20H,7H2,1-2H3,(H3,17,18)(H,19,22)/b21-13+. The van der Waals surface area contributed by atoms with Crippen molar-refractivity contribution in [2.24, 2.45) is 10.8 Å². The lowest BCUT2D eigenvalue weighted by molar-refractivity contribution is -0.144. The van der Waals surface area contributed by atoms with Crippen molar-refractivity contribution in [2.75, 3.05) is 12.5 Å². The third-order valence-electron chi connectivity index (χ3n) is 2.91. The number of benzene rings is 1. The molecule has 9 nitrogen and oxygen atoms in total. The number of ether oxygens (including phenoxy) is 1. The minimum absolute atomic E-state index is 0.226. The first-order chi connectivity index (χ1) is 11.4. The third-order valence-corrected chi connectivity index (χ3v) is 2.91. The molecule has 5 N–H and O–H groups in total. The number of anilines is 1. The number of nitriles is 1. The average Bonchev–Trinajstić information content (AvgIpc) is 2.54. The second-order valence-corrected chi connectivity index (χ2v) is 4.78. The predicted molar refractivity (Wildman–Crippen MR) is 88.4 cm³/mol. The molecule has 9 heteroatoms. The Kier molecular flexibility index (Phi) is 6.91. The second kappa shape index (κ2) is 8.89. The number of hydrogen-bond acceptors (Lipinski definition) is 7. The molecule has 24 heavy (non-hydrogen) atoms. The number of amidine groups is 1. The van der Waals surface area contributed by atoms with Gasteiger partial charge in [0.1, 0.15) is 12.1 Å². The number of carbonyl (C=O) groups excluding carboxylic acids is 2. The molecule has 0 heterocycles. The molecule has 0 saturated carbocycles. The van der Waals surface area contributed by atoms with Gasteiger partial charge in [0.15, 0.2) is 5.84 Å². The number of hydrogen-bond donors (Lipinski definition) is 4. The lowest BCUT2D eigenvalue weighted by atomic mass is 10.1. The molecule has 0 radical (unpaired) electrons. The number of amides is 1. The van der Waals surface area contributed by atoms with Crippen LogP contribution in [-0.4, -0.2) is 36.6 Å². The highest BCUT2D eigenvalue weighted by Gasteiger charge is 2.20. The van der Waals surface area contributed by atoms with Crippen LogP contribution in [0.5, 0.6) is 0 Å². The Hall–Kier alpha value is -3.41. The van der Waals surface area contributed by atoms with Crippen molar-refractivity contribution in [1.29, 1.82) is 10.7 Å². The maximum atomic E-state index is 11.7. The molecule has 1 atom stereocenters. The predicted octanol–water partition coefficient (Wildman–Crippen LogP) is 0.134. The number of nitrogens with one attached hydrogen (secondary N) is 3. The van der Waals surface area contributed by atoms with Gasteiger partial charge in [-0.25, -0.2) is 4.79 Å². The van der Waals surface area contributed by atoms with Gasteiger partial charge in [0.2, 0.25) is 11.6 Å². The first kappa shape index (κ1) is 18.6. The summed E-state index contributed by atoms with van der Waals surface area (Å²) in [6.07, 6.45) is 0.271. The van der Waals surface area contributed by atoms with Gasteiger partial charge in [-0.3, -0.25) is 15.6 Å². The Morgan fingerprint density at radius 1 is 1.42 bits per heavy atom. The third kappa shape index (κ3) is 5.76. The quantitative estimate of drug-likeness (QED) is 0.241. The van der Waals surface area contributed by atoms with Gasteiger partial charge in [0, 0.05) is 13.3 Å². The molecular weight excluding hydrogens is 312 g/mol. The van der Waals surface area contributed by atoms with Crippen LogP contribution in [0.1, 0.15) is 12.5 Å². The van der Waals surface area contributed by atoms with Crippen LogP contribution in [0.25, 0.3) is 0 Å². The largest absolute Gasteiger partial charge is 0.467 e. The lowest BCUT2D eigenvalue weighted by Gasteiger charge is -2.15. The molecule has 0 bridgehead atoms. The molecule has 0 aliphatic carbocycles. The Bertz CT molecular complexity index is 690. The maximum Gasteiger partial charge on any atom is 0.328 e. The molecule has 1 rings (SSSR count). The van der Waals surface area contributed by atoms with Crippen LogP contribution in [0.3, 0.4) is 0 Å². The molecule has 1 unspecified atom stereocenters. The van der Waals surface area contributed by atoms with Crippen molar-refractivity contribution in [3.8, 4) is 6.07 Å². The van der Waals surface area contributed by atoms with Crippen molar-refractivity contribution in [3.05, 3.63) is 29.8 Å². The fraction of sp³-hybridized carbons (Fsp3) is 0.267. The highest BCUT2D eigenvalue weighted by Crippen LogP contribution is 2.12. The molecule has 0 saturated heterocycles. The van der Waals surface area contributed by atoms with E-state index in [2.05, 4.69) is 20.6 Å². The summed E-state index contributed by atoms with van der Waals surface area (Å²) in [4.78, 5) is 22.8. The zero-order valence-electron chi connectivity index (χ0n) is 13.3. The summed E-state index contributed by atoms with van der Waals surface area (Å²) in [7, 11) is 1.25. The zero-order chi connectivity index (χ0) is 18.1. The number of carbonyl (C=O) groups is 2. The molecule has 0 aliphatic rings. The minimum Gasteiger partial charge on any atom is -0.467 e. The van der Waals surface area contributed by atoms with Crippen LogP contribution in [0, 0.1) is 16.7 Å². The van der Waals surface area contributed by atoms with Gasteiger partial charge in [0.05, 0.1) is 12.8 Å². The number of nitrogens with two attached hydrogens (primary N) is 1. The molecule has 1 aromatic rings. The Labute approximate surface area is 139 Å². The number of rotatable bonds is 7. The molecule has 1 amide bonds. The summed E-state index contributed by atoms with van der Waals surface area (Å²) >= 11 is 0. The summed E-state index contributed by atoms with van der Waals surface area (Å²) in [5.74, 6) is -1.29. The van der Waals surface area contributed by atoms with Crippen molar-refractivity contribution in [2.45, 2.75) is 19.4 Å². The summed E-state index contributed by atoms with van der Waals surface area (Å²) in [6, 6.07) is 7.74. The smallest absolute Gasteiger partial charge is 0.328 e. The SMILES string of the molecule is COC(=O)C(Cc1ccc(N/N=C(\C#N)C(=N)N)cc1)NC(C)=O. The van der Waals surface area contributed by atoms with Crippen LogP contribution in [0.2, 0.25) is 0 Å². The van der Waals surface area contributed by atoms with E-state index in [1.165, 1.54) is 14.0 Å². The van der Waals surface area contributed by atoms with E-state index in [0.717, 1.165) is 5.56 Å². The number of esters is 1. The van der Waals surface area contributed by atoms with E-state index in [0.29, 0.717) is 5.69 Å². The topological polar surface area (TPSA) is 153 Å². The minimum atomic E-state index is -0.771. The summed E-state index contributed by atoms with van der Waals surface area (Å²) in [5, 5.41) is 22.1. The zero-order valence-corrected chi connectivity index (χ0v) is 13.3. The van der Waals surface area contributed by atoms with Crippen molar-refractivity contribution in [1.82, 2.24) is 5.32 Å². The van der Waals surface area contributed by atoms with Crippen molar-refractivity contribution in [3.63, 3.8) is 0 Å². The van der Waals surface area contributed by atoms with E-state index in [1.807, 2.05) is 0 Å². The Balaban J connectivity index is 2.79. The van der Waals surface area contributed by atoms with Crippen LogP contribution in [0.15, 0.2) is 29.4 Å². The van der Waals surface area contributed by atoms with E-state index in [4.69, 9.17) is 16.4 Å². The average molecular weight is 330 g/mol. The van der Waals surface area contributed by atoms with Crippen molar-refractivity contribution < 1.29 is 14.3 Å². The van der Waals surface area contributed by atoms with E-state index >= 15 is 0 Å². The fourth-order valence-electron chi connectivity index (χ4n) is 1.80. The molecule has 0 aromatic heterocycles. The first-order valence-electron chi connectivity index (χ1n) is 6.89. The Morgan fingerprint density at radius 3 is 2.50 bits per heavy atom. The summed E-state index contributed by atoms with van der Waals surface area (Å²) in [5.41, 5.74) is 8.93. The summed E-state index contributed by atoms with van der Waals surface area (Å²) in [6.45, 7) is 1.32. The van der Waals surface area contributed by atoms with Gasteiger partial charge in [-0.1, -0.05) is 12.1 Å². The van der Waals surface area contributed by atoms with Gasteiger partial charge in [0.25, 0.3) is 0 Å². The normalized spacial score (nSPS) is 11.8. The first-order valence-corrected chi connectivity index (χ1v) is 6.89. The number of nitrogens with zero attached hydrogens (tertiary/aromatic N) is 2. The number of methoxy groups -OCH3 is 1. The van der Waals surface area contributed by atoms with Crippen LogP contribution < -0.4 is 16.5 Å². The molecule has 0 spiro atoms. The molecule has 1 aromatic carbocycles. The van der Waals surface area contributed by atoms with Gasteiger partial charge in [-0.2, -0.15) is 10.4 Å². The maximum absolute atomic E-state index is 11.7. The second-order valence-electron chi connectivity index (χ2n) is 4.78. The lowest BCUT2D eigenvalue weighted by Crippen LogP contribution is -2.41. The van der Waals surface area contributed by atoms with Crippen LogP contribution in [0.4, 0.5) is 5.69 Å². The molecular formula is C15H18N6O3. The summed E-state index contributed by atoms with van der Waals surface area (Å²) < 4.78 is 4.66. The van der Waals surface area contributed by atoms with Gasteiger partial charge in [-0.05, 0) is 17.7 Å². The van der Waals surface area contributed by atoms with Crippen LogP contribution in [-0.2, 0) is 20.7 Å². The van der Waals surface area contributed by atoms with Crippen molar-refractivity contribution >= 4 is 29.1 Å². The molecule has 0 aliphatic heterocycles. The van der Waals surface area contributed by atoms with E-state index in [9.17, 15) is 9.59 Å². The van der Waals surface area contributed by atoms with E-state index < -0.39 is 17.8 Å². The highest BCUT2D eigenvalue weighted by atomic mass is 16.5. The number of hydrazone groups is 1. The molecule has 126 valence electrons. The van der Waals surface area contributed by atoms with Gasteiger partial charge in [-0.15, -0.1) is 0 Å². The van der Waals surface area contributed by atoms with Gasteiger partial charge >= 0.3 is 5.97 Å². The van der Waals surface area contributed by atoms with E-state index in [-0.39, 0.29) is 18.0 Å². The van der Waals surface area contributed by atoms with E-state index in [1.54, 1.807) is 30.3 Å². The fourth-order valence-corrected chi connectivity index (χ4v) is 1.80. The molecule has 0 fully saturated rings.